The second-order valence-electron chi connectivity index (χ2n) is 8.67. The highest BCUT2D eigenvalue weighted by atomic mass is 16.4. The van der Waals surface area contributed by atoms with Crippen molar-refractivity contribution in [3.8, 4) is 22.6 Å². The van der Waals surface area contributed by atoms with Crippen LogP contribution in [-0.4, -0.2) is 41.0 Å². The highest BCUT2D eigenvalue weighted by molar-refractivity contribution is 5.69. The lowest BCUT2D eigenvalue weighted by Gasteiger charge is -2.26. The molecule has 34 heavy (non-hydrogen) atoms. The van der Waals surface area contributed by atoms with Crippen LogP contribution >= 0.6 is 0 Å². The lowest BCUT2D eigenvalue weighted by atomic mass is 9.80. The fourth-order valence-electron chi connectivity index (χ4n) is 3.84. The lowest BCUT2D eigenvalue weighted by molar-refractivity contribution is -0.138. The van der Waals surface area contributed by atoms with Crippen molar-refractivity contribution in [2.24, 2.45) is 0 Å². The van der Waals surface area contributed by atoms with Crippen molar-refractivity contribution in [2.45, 2.75) is 45.6 Å². The topological polar surface area (TPSA) is 133 Å². The number of nitrogens with zero attached hydrogens (tertiary/aromatic N) is 6. The molecule has 3 N–H and O–H groups in total. The molecule has 1 aromatic carbocycles. The SMILES string of the molecule is CCC(C)(CC(=O)O)c1cccc(Cn2cc(-c3cc(-c4cccc(C)c4)nc(N)n3)nn2)n1. The van der Waals surface area contributed by atoms with Gasteiger partial charge in [0, 0.05) is 16.7 Å². The van der Waals surface area contributed by atoms with E-state index >= 15 is 0 Å². The van der Waals surface area contributed by atoms with E-state index in [2.05, 4.69) is 20.3 Å². The van der Waals surface area contributed by atoms with Crippen LogP contribution in [0.4, 0.5) is 5.95 Å². The van der Waals surface area contributed by atoms with Crippen molar-refractivity contribution >= 4 is 11.9 Å². The Morgan fingerprint density at radius 2 is 1.82 bits per heavy atom. The number of carboxylic acids is 1. The van der Waals surface area contributed by atoms with E-state index in [0.717, 1.165) is 22.5 Å². The van der Waals surface area contributed by atoms with Gasteiger partial charge in [0.1, 0.15) is 5.69 Å². The van der Waals surface area contributed by atoms with Crippen LogP contribution in [0.1, 0.15) is 43.6 Å². The first-order valence-electron chi connectivity index (χ1n) is 11.1. The van der Waals surface area contributed by atoms with Crippen molar-refractivity contribution < 1.29 is 9.90 Å². The van der Waals surface area contributed by atoms with Gasteiger partial charge in [-0.3, -0.25) is 9.78 Å². The molecular formula is C25H27N7O2. The standard InChI is InChI=1S/C25H27N7O2/c1-4-25(3,13-23(33)34)22-10-6-9-18(27-22)14-32-15-21(30-31-32)20-12-19(28-24(26)29-20)17-8-5-7-16(2)11-17/h5-12,15H,4,13-14H2,1-3H3,(H,33,34)(H2,26,28,29). The number of rotatable bonds is 8. The number of aliphatic carboxylic acids is 1. The molecule has 0 aliphatic carbocycles. The highest BCUT2D eigenvalue weighted by Crippen LogP contribution is 2.30. The van der Waals surface area contributed by atoms with Crippen LogP contribution in [0.25, 0.3) is 22.6 Å². The lowest BCUT2D eigenvalue weighted by Crippen LogP contribution is -2.26. The first kappa shape index (κ1) is 23.0. The number of hydrogen-bond donors (Lipinski definition) is 2. The van der Waals surface area contributed by atoms with Gasteiger partial charge in [0.15, 0.2) is 0 Å². The van der Waals surface area contributed by atoms with Crippen LogP contribution in [0.3, 0.4) is 0 Å². The molecule has 1 atom stereocenters. The van der Waals surface area contributed by atoms with Gasteiger partial charge in [-0.15, -0.1) is 5.10 Å². The third-order valence-corrected chi connectivity index (χ3v) is 5.93. The van der Waals surface area contributed by atoms with E-state index in [-0.39, 0.29) is 12.4 Å². The molecular weight excluding hydrogens is 430 g/mol. The maximum atomic E-state index is 11.3. The van der Waals surface area contributed by atoms with Crippen LogP contribution in [0.5, 0.6) is 0 Å². The Morgan fingerprint density at radius 1 is 1.06 bits per heavy atom. The molecule has 9 heteroatoms. The number of carbonyl (C=O) groups is 1. The Hall–Kier alpha value is -4.14. The number of carboxylic acid groups (broad SMARTS) is 1. The summed E-state index contributed by atoms with van der Waals surface area (Å²) in [6, 6.07) is 15.5. The van der Waals surface area contributed by atoms with Gasteiger partial charge >= 0.3 is 5.97 Å². The largest absolute Gasteiger partial charge is 0.481 e. The summed E-state index contributed by atoms with van der Waals surface area (Å²) < 4.78 is 1.67. The van der Waals surface area contributed by atoms with Crippen LogP contribution < -0.4 is 5.73 Å². The van der Waals surface area contributed by atoms with Crippen LogP contribution in [-0.2, 0) is 16.8 Å². The predicted molar refractivity (Wildman–Crippen MR) is 129 cm³/mol. The minimum atomic E-state index is -0.841. The average molecular weight is 458 g/mol. The Kier molecular flexibility index (Phi) is 6.36. The number of anilines is 1. The molecule has 0 saturated heterocycles. The molecule has 0 aliphatic heterocycles. The Bertz CT molecular complexity index is 1330. The number of aryl methyl sites for hydroxylation is 1. The van der Waals surface area contributed by atoms with Gasteiger partial charge in [-0.25, -0.2) is 14.6 Å². The molecule has 0 saturated carbocycles. The summed E-state index contributed by atoms with van der Waals surface area (Å²) in [5, 5.41) is 17.8. The van der Waals surface area contributed by atoms with E-state index < -0.39 is 11.4 Å². The van der Waals surface area contributed by atoms with E-state index in [9.17, 15) is 9.90 Å². The van der Waals surface area contributed by atoms with Crippen LogP contribution in [0, 0.1) is 6.92 Å². The van der Waals surface area contributed by atoms with Crippen molar-refractivity contribution in [3.05, 3.63) is 71.7 Å². The molecule has 1 unspecified atom stereocenters. The molecule has 0 spiro atoms. The second-order valence-corrected chi connectivity index (χ2v) is 8.67. The first-order chi connectivity index (χ1) is 16.3. The molecule has 4 aromatic rings. The van der Waals surface area contributed by atoms with Crippen LogP contribution in [0.2, 0.25) is 0 Å². The highest BCUT2D eigenvalue weighted by Gasteiger charge is 2.29. The van der Waals surface area contributed by atoms with Crippen LogP contribution in [0.15, 0.2) is 54.7 Å². The normalized spacial score (nSPS) is 12.9. The molecule has 174 valence electrons. The van der Waals surface area contributed by atoms with Gasteiger partial charge in [-0.05, 0) is 37.6 Å². The molecule has 4 rings (SSSR count). The molecule has 9 nitrogen and oxygen atoms in total. The van der Waals surface area contributed by atoms with Crippen molar-refractivity contribution in [2.75, 3.05) is 5.73 Å². The van der Waals surface area contributed by atoms with E-state index in [1.807, 2.05) is 69.3 Å². The Balaban J connectivity index is 1.59. The van der Waals surface area contributed by atoms with E-state index in [4.69, 9.17) is 10.7 Å². The average Bonchev–Trinajstić information content (AvgIpc) is 3.27. The number of nitrogens with two attached hydrogens (primary N) is 1. The molecule has 0 bridgehead atoms. The number of hydrogen-bond acceptors (Lipinski definition) is 7. The van der Waals surface area contributed by atoms with Gasteiger partial charge in [0.2, 0.25) is 5.95 Å². The molecule has 3 heterocycles. The fraction of sp³-hybridized carbons (Fsp3) is 0.280. The van der Waals surface area contributed by atoms with E-state index in [0.29, 0.717) is 30.0 Å². The third-order valence-electron chi connectivity index (χ3n) is 5.93. The summed E-state index contributed by atoms with van der Waals surface area (Å²) in [6.07, 6.45) is 2.47. The fourth-order valence-corrected chi connectivity index (χ4v) is 3.84. The molecule has 0 amide bonds. The van der Waals surface area contributed by atoms with Crippen molar-refractivity contribution in [1.29, 1.82) is 0 Å². The number of pyridine rings is 1. The summed E-state index contributed by atoms with van der Waals surface area (Å²) in [5.74, 6) is -0.679. The van der Waals surface area contributed by atoms with Crippen molar-refractivity contribution in [1.82, 2.24) is 29.9 Å². The van der Waals surface area contributed by atoms with Gasteiger partial charge in [0.05, 0.1) is 36.2 Å². The molecule has 3 aromatic heterocycles. The monoisotopic (exact) mass is 457 g/mol. The third kappa shape index (κ3) is 5.09. The number of aromatic nitrogens is 6. The summed E-state index contributed by atoms with van der Waals surface area (Å²) in [4.78, 5) is 24.8. The summed E-state index contributed by atoms with van der Waals surface area (Å²) in [5.41, 5.74) is 10.9. The van der Waals surface area contributed by atoms with Gasteiger partial charge in [-0.2, -0.15) is 0 Å². The predicted octanol–water partition coefficient (Wildman–Crippen LogP) is 3.88. The van der Waals surface area contributed by atoms with E-state index in [1.165, 1.54) is 0 Å². The Morgan fingerprint density at radius 3 is 2.56 bits per heavy atom. The quantitative estimate of drug-likeness (QED) is 0.407. The van der Waals surface area contributed by atoms with Gasteiger partial charge in [0.25, 0.3) is 0 Å². The zero-order valence-electron chi connectivity index (χ0n) is 19.4. The number of nitrogen functional groups attached to an aromatic ring is 1. The van der Waals surface area contributed by atoms with Gasteiger partial charge < -0.3 is 10.8 Å². The molecule has 0 fully saturated rings. The summed E-state index contributed by atoms with van der Waals surface area (Å²) >= 11 is 0. The summed E-state index contributed by atoms with van der Waals surface area (Å²) in [6.45, 7) is 6.30. The van der Waals surface area contributed by atoms with Gasteiger partial charge in [-0.1, -0.05) is 48.9 Å². The minimum Gasteiger partial charge on any atom is -0.481 e. The smallest absolute Gasteiger partial charge is 0.304 e. The minimum absolute atomic E-state index is 0.0197. The van der Waals surface area contributed by atoms with E-state index in [1.54, 1.807) is 10.9 Å². The Labute approximate surface area is 197 Å². The second kappa shape index (κ2) is 9.38. The first-order valence-corrected chi connectivity index (χ1v) is 11.1. The van der Waals surface area contributed by atoms with Crippen molar-refractivity contribution in [3.63, 3.8) is 0 Å². The zero-order valence-corrected chi connectivity index (χ0v) is 19.4. The zero-order chi connectivity index (χ0) is 24.3. The molecule has 0 aliphatic rings. The maximum Gasteiger partial charge on any atom is 0.304 e. The maximum absolute atomic E-state index is 11.3. The molecule has 0 radical (unpaired) electrons. The summed E-state index contributed by atoms with van der Waals surface area (Å²) in [7, 11) is 0. The number of benzene rings is 1.